The van der Waals surface area contributed by atoms with Crippen LogP contribution < -0.4 is 9.46 Å². The molecule has 0 saturated heterocycles. The van der Waals surface area contributed by atoms with Gasteiger partial charge in [0.25, 0.3) is 10.0 Å². The molecule has 0 amide bonds. The third-order valence-corrected chi connectivity index (χ3v) is 5.28. The fourth-order valence-electron chi connectivity index (χ4n) is 2.53. The summed E-state index contributed by atoms with van der Waals surface area (Å²) in [6, 6.07) is 12.2. The van der Waals surface area contributed by atoms with E-state index in [2.05, 4.69) is 18.6 Å². The number of benzene rings is 2. The van der Waals surface area contributed by atoms with E-state index in [1.165, 1.54) is 0 Å². The molecule has 1 heterocycles. The maximum atomic E-state index is 12.4. The molecule has 116 valence electrons. The van der Waals surface area contributed by atoms with Crippen LogP contribution in [0.25, 0.3) is 0 Å². The minimum absolute atomic E-state index is 0.0380. The zero-order valence-corrected chi connectivity index (χ0v) is 13.7. The predicted molar refractivity (Wildman–Crippen MR) is 87.0 cm³/mol. The minimum atomic E-state index is -3.58. The number of fused-ring (bicyclic) bond motifs is 1. The molecular weight excluding hydrogens is 298 g/mol. The summed E-state index contributed by atoms with van der Waals surface area (Å²) < 4.78 is 33.0. The number of hydrogen-bond acceptors (Lipinski definition) is 3. The first-order valence-electron chi connectivity index (χ1n) is 7.15. The molecule has 1 aliphatic rings. The predicted octanol–water partition coefficient (Wildman–Crippen LogP) is 3.47. The molecule has 0 bridgehead atoms. The van der Waals surface area contributed by atoms with Crippen molar-refractivity contribution in [3.05, 3.63) is 53.6 Å². The summed E-state index contributed by atoms with van der Waals surface area (Å²) in [6.45, 7) is 6.74. The van der Waals surface area contributed by atoms with E-state index in [-0.39, 0.29) is 10.3 Å². The summed E-state index contributed by atoms with van der Waals surface area (Å²) in [4.78, 5) is 0.250. The molecule has 3 rings (SSSR count). The van der Waals surface area contributed by atoms with Gasteiger partial charge in [-0.2, -0.15) is 0 Å². The van der Waals surface area contributed by atoms with Crippen molar-refractivity contribution in [1.29, 1.82) is 0 Å². The lowest BCUT2D eigenvalue weighted by molar-refractivity contribution is 0.291. The summed E-state index contributed by atoms with van der Waals surface area (Å²) in [5.41, 5.74) is 2.60. The molecule has 0 aromatic heterocycles. The van der Waals surface area contributed by atoms with Crippen molar-refractivity contribution >= 4 is 15.7 Å². The second-order valence-corrected chi connectivity index (χ2v) is 7.98. The number of nitrogens with one attached hydrogen (secondary N) is 1. The Labute approximate surface area is 131 Å². The van der Waals surface area contributed by atoms with E-state index in [1.54, 1.807) is 36.4 Å². The Morgan fingerprint density at radius 1 is 1.09 bits per heavy atom. The molecular formula is C17H19NO3S. The van der Waals surface area contributed by atoms with Crippen molar-refractivity contribution in [2.24, 2.45) is 0 Å². The van der Waals surface area contributed by atoms with Gasteiger partial charge in [0.1, 0.15) is 5.75 Å². The van der Waals surface area contributed by atoms with Crippen LogP contribution in [-0.4, -0.2) is 15.0 Å². The van der Waals surface area contributed by atoms with Gasteiger partial charge < -0.3 is 4.74 Å². The zero-order chi connectivity index (χ0) is 16.0. The van der Waals surface area contributed by atoms with Gasteiger partial charge in [0.2, 0.25) is 0 Å². The monoisotopic (exact) mass is 317 g/mol. The quantitative estimate of drug-likeness (QED) is 0.943. The Balaban J connectivity index is 1.89. The highest BCUT2D eigenvalue weighted by Crippen LogP contribution is 2.39. The first-order valence-corrected chi connectivity index (χ1v) is 8.63. The average Bonchev–Trinajstić information content (AvgIpc) is 2.74. The Kier molecular flexibility index (Phi) is 3.40. The second-order valence-electron chi connectivity index (χ2n) is 6.30. The first-order chi connectivity index (χ1) is 10.3. The van der Waals surface area contributed by atoms with Crippen LogP contribution in [0, 0.1) is 6.92 Å². The van der Waals surface area contributed by atoms with Crippen LogP contribution in [0.2, 0.25) is 0 Å². The normalized spacial score (nSPS) is 16.0. The van der Waals surface area contributed by atoms with Gasteiger partial charge in [0.05, 0.1) is 17.2 Å². The van der Waals surface area contributed by atoms with Crippen LogP contribution in [0.15, 0.2) is 47.4 Å². The molecule has 5 heteroatoms. The number of ether oxygens (including phenoxy) is 1. The third kappa shape index (κ3) is 2.68. The molecule has 2 aromatic carbocycles. The summed E-state index contributed by atoms with van der Waals surface area (Å²) in [5.74, 6) is 0.745. The highest BCUT2D eigenvalue weighted by molar-refractivity contribution is 7.92. The smallest absolute Gasteiger partial charge is 0.261 e. The molecule has 0 saturated carbocycles. The molecule has 1 N–H and O–H groups in total. The molecule has 1 aliphatic heterocycles. The number of anilines is 1. The lowest BCUT2D eigenvalue weighted by Gasteiger charge is -2.15. The highest BCUT2D eigenvalue weighted by atomic mass is 32.2. The maximum absolute atomic E-state index is 12.4. The van der Waals surface area contributed by atoms with Crippen molar-refractivity contribution in [2.75, 3.05) is 11.3 Å². The van der Waals surface area contributed by atoms with Gasteiger partial charge >= 0.3 is 0 Å². The lowest BCUT2D eigenvalue weighted by Crippen LogP contribution is -2.18. The fourth-order valence-corrected chi connectivity index (χ4v) is 3.58. The van der Waals surface area contributed by atoms with Gasteiger partial charge in [-0.15, -0.1) is 0 Å². The van der Waals surface area contributed by atoms with Crippen molar-refractivity contribution in [2.45, 2.75) is 31.1 Å². The molecule has 0 radical (unpaired) electrons. The number of rotatable bonds is 3. The molecule has 0 fully saturated rings. The number of aryl methyl sites for hydroxylation is 1. The van der Waals surface area contributed by atoms with Gasteiger partial charge in [0, 0.05) is 17.0 Å². The van der Waals surface area contributed by atoms with Gasteiger partial charge in [-0.3, -0.25) is 4.72 Å². The Hall–Kier alpha value is -2.01. The van der Waals surface area contributed by atoms with E-state index in [1.807, 2.05) is 13.0 Å². The number of sulfonamides is 1. The fraction of sp³-hybridized carbons (Fsp3) is 0.294. The molecule has 4 nitrogen and oxygen atoms in total. The average molecular weight is 317 g/mol. The van der Waals surface area contributed by atoms with Crippen LogP contribution in [0.3, 0.4) is 0 Å². The van der Waals surface area contributed by atoms with Crippen molar-refractivity contribution in [3.63, 3.8) is 0 Å². The van der Waals surface area contributed by atoms with Crippen LogP contribution in [0.1, 0.15) is 25.0 Å². The number of hydrogen-bond donors (Lipinski definition) is 1. The van der Waals surface area contributed by atoms with Crippen molar-refractivity contribution in [1.82, 2.24) is 0 Å². The van der Waals surface area contributed by atoms with Crippen molar-refractivity contribution in [3.8, 4) is 5.75 Å². The molecule has 0 aliphatic carbocycles. The van der Waals surface area contributed by atoms with Crippen LogP contribution in [0.4, 0.5) is 5.69 Å². The summed E-state index contributed by atoms with van der Waals surface area (Å²) in [5, 5.41) is 0. The standard InChI is InChI=1S/C17H19NO3S/c1-12-4-7-14(8-5-12)22(19,20)18-13-6-9-15-16(10-13)21-11-17(15,2)3/h4-10,18H,11H2,1-3H3. The van der Waals surface area contributed by atoms with E-state index < -0.39 is 10.0 Å². The van der Waals surface area contributed by atoms with E-state index in [9.17, 15) is 8.42 Å². The zero-order valence-electron chi connectivity index (χ0n) is 12.9. The van der Waals surface area contributed by atoms with Gasteiger partial charge in [-0.25, -0.2) is 8.42 Å². The van der Waals surface area contributed by atoms with Crippen LogP contribution >= 0.6 is 0 Å². The first kappa shape index (κ1) is 14.9. The Morgan fingerprint density at radius 2 is 1.77 bits per heavy atom. The third-order valence-electron chi connectivity index (χ3n) is 3.88. The molecule has 0 atom stereocenters. The summed E-state index contributed by atoms with van der Waals surface area (Å²) in [7, 11) is -3.58. The van der Waals surface area contributed by atoms with Crippen LogP contribution in [-0.2, 0) is 15.4 Å². The second kappa shape index (κ2) is 5.02. The minimum Gasteiger partial charge on any atom is -0.492 e. The maximum Gasteiger partial charge on any atom is 0.261 e. The highest BCUT2D eigenvalue weighted by Gasteiger charge is 2.31. The van der Waals surface area contributed by atoms with Crippen molar-refractivity contribution < 1.29 is 13.2 Å². The van der Waals surface area contributed by atoms with E-state index in [0.717, 1.165) is 16.9 Å². The molecule has 0 unspecified atom stereocenters. The SMILES string of the molecule is Cc1ccc(S(=O)(=O)Nc2ccc3c(c2)OCC3(C)C)cc1. The topological polar surface area (TPSA) is 55.4 Å². The largest absolute Gasteiger partial charge is 0.492 e. The lowest BCUT2D eigenvalue weighted by atomic mass is 9.87. The Bertz CT molecular complexity index is 808. The van der Waals surface area contributed by atoms with Gasteiger partial charge in [-0.1, -0.05) is 37.6 Å². The summed E-state index contributed by atoms with van der Waals surface area (Å²) in [6.07, 6.45) is 0. The van der Waals surface area contributed by atoms with Gasteiger partial charge in [0.15, 0.2) is 0 Å². The van der Waals surface area contributed by atoms with E-state index in [4.69, 9.17) is 4.74 Å². The molecule has 2 aromatic rings. The van der Waals surface area contributed by atoms with E-state index in [0.29, 0.717) is 12.3 Å². The molecule has 0 spiro atoms. The Morgan fingerprint density at radius 3 is 2.45 bits per heavy atom. The molecule has 22 heavy (non-hydrogen) atoms. The van der Waals surface area contributed by atoms with Gasteiger partial charge in [-0.05, 0) is 25.1 Å². The summed E-state index contributed by atoms with van der Waals surface area (Å²) >= 11 is 0. The van der Waals surface area contributed by atoms with E-state index >= 15 is 0 Å². The van der Waals surface area contributed by atoms with Crippen LogP contribution in [0.5, 0.6) is 5.75 Å².